The summed E-state index contributed by atoms with van der Waals surface area (Å²) in [6.45, 7) is 4.29. The third-order valence-electron chi connectivity index (χ3n) is 3.97. The second-order valence-corrected chi connectivity index (χ2v) is 6.08. The van der Waals surface area contributed by atoms with Gasteiger partial charge in [-0.15, -0.1) is 0 Å². The number of benzene rings is 1. The molecule has 0 radical (unpaired) electrons. The van der Waals surface area contributed by atoms with Crippen molar-refractivity contribution in [3.05, 3.63) is 36.7 Å². The number of fused-ring (bicyclic) bond motifs is 3. The molecule has 1 N–H and O–H groups in total. The number of aromatic nitrogens is 2. The van der Waals surface area contributed by atoms with E-state index < -0.39 is 0 Å². The second kappa shape index (κ2) is 4.89. The molecule has 2 aromatic heterocycles. The van der Waals surface area contributed by atoms with Crippen LogP contribution < -0.4 is 10.2 Å². The zero-order valence-corrected chi connectivity index (χ0v) is 13.2. The molecule has 1 aromatic carbocycles. The molecule has 1 fully saturated rings. The van der Waals surface area contributed by atoms with Crippen LogP contribution in [0.2, 0.25) is 0 Å². The van der Waals surface area contributed by atoms with Gasteiger partial charge in [0.1, 0.15) is 0 Å². The number of hydrogen-bond acceptors (Lipinski definition) is 3. The Balaban J connectivity index is 1.90. The van der Waals surface area contributed by atoms with Crippen molar-refractivity contribution in [2.45, 2.75) is 0 Å². The van der Waals surface area contributed by atoms with E-state index in [1.54, 1.807) is 0 Å². The molecule has 3 heterocycles. The first-order valence-electron chi connectivity index (χ1n) is 6.84. The Morgan fingerprint density at radius 2 is 1.90 bits per heavy atom. The Hall–Kier alpha value is -1.34. The van der Waals surface area contributed by atoms with Crippen LogP contribution in [0.3, 0.4) is 0 Å². The molecule has 1 aliphatic rings. The van der Waals surface area contributed by atoms with Gasteiger partial charge in [-0.25, -0.2) is 0 Å². The maximum Gasteiger partial charge on any atom is 0.0646 e. The Bertz CT molecular complexity index is 774. The number of nitrogens with one attached hydrogen (secondary N) is 1. The SMILES string of the molecule is In1c2ccncc2c2ccc(N3CCNCC3)cc21. The van der Waals surface area contributed by atoms with E-state index in [1.165, 1.54) is 27.5 Å². The fourth-order valence-electron chi connectivity index (χ4n) is 2.93. The van der Waals surface area contributed by atoms with E-state index in [-0.39, 0.29) is 0 Å². The van der Waals surface area contributed by atoms with E-state index in [2.05, 4.69) is 65.1 Å². The highest BCUT2D eigenvalue weighted by atomic mass is 127. The largest absolute Gasteiger partial charge is 0.369 e. The number of nitrogens with zero attached hydrogens (tertiary/aromatic N) is 3. The van der Waals surface area contributed by atoms with E-state index >= 15 is 0 Å². The third kappa shape index (κ3) is 1.88. The van der Waals surface area contributed by atoms with Crippen molar-refractivity contribution in [2.24, 2.45) is 0 Å². The smallest absolute Gasteiger partial charge is 0.0646 e. The van der Waals surface area contributed by atoms with E-state index in [0.717, 1.165) is 26.2 Å². The normalized spacial score (nSPS) is 16.1. The summed E-state index contributed by atoms with van der Waals surface area (Å²) in [5, 5.41) is 5.90. The Morgan fingerprint density at radius 1 is 1.05 bits per heavy atom. The second-order valence-electron chi connectivity index (χ2n) is 5.11. The summed E-state index contributed by atoms with van der Waals surface area (Å²) in [6.07, 6.45) is 3.81. The van der Waals surface area contributed by atoms with Crippen molar-refractivity contribution >= 4 is 50.4 Å². The van der Waals surface area contributed by atoms with Gasteiger partial charge in [-0.05, 0) is 18.2 Å². The van der Waals surface area contributed by atoms with Gasteiger partial charge in [0.05, 0.1) is 33.9 Å². The van der Waals surface area contributed by atoms with Gasteiger partial charge < -0.3 is 10.2 Å². The van der Waals surface area contributed by atoms with Gasteiger partial charge >= 0.3 is 0 Å². The molecule has 1 aliphatic heterocycles. The van der Waals surface area contributed by atoms with E-state index in [0.29, 0.717) is 0 Å². The van der Waals surface area contributed by atoms with Gasteiger partial charge in [-0.1, -0.05) is 6.07 Å². The Labute approximate surface area is 131 Å². The van der Waals surface area contributed by atoms with Gasteiger partial charge in [-0.3, -0.25) is 7.76 Å². The number of pyridine rings is 1. The minimum atomic E-state index is 1.06. The van der Waals surface area contributed by atoms with Crippen LogP contribution in [0.15, 0.2) is 36.7 Å². The summed E-state index contributed by atoms with van der Waals surface area (Å²) in [4.78, 5) is 6.70. The highest BCUT2D eigenvalue weighted by Gasteiger charge is 2.14. The van der Waals surface area contributed by atoms with Crippen LogP contribution in [0.1, 0.15) is 0 Å². The van der Waals surface area contributed by atoms with Crippen molar-refractivity contribution in [1.29, 1.82) is 0 Å². The molecule has 0 aliphatic carbocycles. The highest BCUT2D eigenvalue weighted by Crippen LogP contribution is 2.32. The molecular weight excluding hydrogens is 363 g/mol. The summed E-state index contributed by atoms with van der Waals surface area (Å²) < 4.78 is 2.23. The molecule has 1 saturated heterocycles. The van der Waals surface area contributed by atoms with Crippen LogP contribution in [0.5, 0.6) is 0 Å². The predicted octanol–water partition coefficient (Wildman–Crippen LogP) is 2.80. The number of anilines is 1. The molecule has 5 heteroatoms. The molecule has 0 amide bonds. The Morgan fingerprint density at radius 3 is 2.75 bits per heavy atom. The molecule has 0 saturated carbocycles. The third-order valence-corrected chi connectivity index (χ3v) is 5.01. The highest BCUT2D eigenvalue weighted by molar-refractivity contribution is 14.1. The van der Waals surface area contributed by atoms with E-state index in [9.17, 15) is 0 Å². The summed E-state index contributed by atoms with van der Waals surface area (Å²) in [6, 6.07) is 8.84. The molecule has 4 nitrogen and oxygen atoms in total. The van der Waals surface area contributed by atoms with Gasteiger partial charge in [0.25, 0.3) is 0 Å². The number of piperazine rings is 1. The monoisotopic (exact) mass is 378 g/mol. The number of halogens is 1. The van der Waals surface area contributed by atoms with Crippen LogP contribution >= 0.6 is 22.9 Å². The molecule has 4 rings (SSSR count). The van der Waals surface area contributed by atoms with Crippen LogP contribution in [-0.4, -0.2) is 33.9 Å². The van der Waals surface area contributed by atoms with Crippen LogP contribution in [0, 0.1) is 0 Å². The zero-order valence-electron chi connectivity index (χ0n) is 11.0. The topological polar surface area (TPSA) is 33.1 Å². The van der Waals surface area contributed by atoms with Crippen molar-refractivity contribution < 1.29 is 0 Å². The Kier molecular flexibility index (Phi) is 3.03. The van der Waals surface area contributed by atoms with Crippen molar-refractivity contribution in [3.8, 4) is 0 Å². The van der Waals surface area contributed by atoms with E-state index in [1.807, 2.05) is 12.4 Å². The predicted molar refractivity (Wildman–Crippen MR) is 91.7 cm³/mol. The summed E-state index contributed by atoms with van der Waals surface area (Å²) >= 11 is 2.38. The molecule has 0 bridgehead atoms. The van der Waals surface area contributed by atoms with Crippen molar-refractivity contribution in [1.82, 2.24) is 13.1 Å². The van der Waals surface area contributed by atoms with Crippen LogP contribution in [-0.2, 0) is 0 Å². The maximum atomic E-state index is 4.25. The lowest BCUT2D eigenvalue weighted by Gasteiger charge is -2.29. The average Bonchev–Trinajstić information content (AvgIpc) is 2.81. The van der Waals surface area contributed by atoms with Crippen LogP contribution in [0.25, 0.3) is 21.8 Å². The fraction of sp³-hybridized carbons (Fsp3) is 0.267. The summed E-state index contributed by atoms with van der Waals surface area (Å²) in [7, 11) is 0. The molecule has 0 atom stereocenters. The van der Waals surface area contributed by atoms with E-state index in [4.69, 9.17) is 0 Å². The fourth-order valence-corrected chi connectivity index (χ4v) is 3.75. The molecule has 0 spiro atoms. The summed E-state index contributed by atoms with van der Waals surface area (Å²) in [5.41, 5.74) is 3.81. The van der Waals surface area contributed by atoms with Crippen molar-refractivity contribution in [2.75, 3.05) is 31.1 Å². The van der Waals surface area contributed by atoms with Gasteiger partial charge in [0, 0.05) is 55.0 Å². The summed E-state index contributed by atoms with van der Waals surface area (Å²) in [5.74, 6) is 0. The quantitative estimate of drug-likeness (QED) is 0.662. The molecule has 102 valence electrons. The first-order valence-corrected chi connectivity index (χ1v) is 7.81. The van der Waals surface area contributed by atoms with Crippen LogP contribution in [0.4, 0.5) is 5.69 Å². The van der Waals surface area contributed by atoms with Gasteiger partial charge in [0.2, 0.25) is 0 Å². The first kappa shape index (κ1) is 12.4. The maximum absolute atomic E-state index is 4.25. The minimum Gasteiger partial charge on any atom is -0.369 e. The first-order chi connectivity index (χ1) is 9.84. The number of hydrogen-bond donors (Lipinski definition) is 1. The molecule has 3 aromatic rings. The molecular formula is C15H15IN4. The molecule has 0 unspecified atom stereocenters. The minimum absolute atomic E-state index is 1.06. The standard InChI is InChI=1S/C15H15IN4/c16-20-14-3-4-18-10-13(14)12-2-1-11(9-15(12)20)19-7-5-17-6-8-19/h1-4,9-10,17H,5-8H2. The number of rotatable bonds is 1. The lowest BCUT2D eigenvalue weighted by molar-refractivity contribution is 0.589. The van der Waals surface area contributed by atoms with Gasteiger partial charge in [-0.2, -0.15) is 0 Å². The lowest BCUT2D eigenvalue weighted by atomic mass is 10.1. The van der Waals surface area contributed by atoms with Gasteiger partial charge in [0.15, 0.2) is 0 Å². The zero-order chi connectivity index (χ0) is 13.5. The lowest BCUT2D eigenvalue weighted by Crippen LogP contribution is -2.43. The average molecular weight is 378 g/mol. The molecule has 20 heavy (non-hydrogen) atoms. The van der Waals surface area contributed by atoms with Crippen molar-refractivity contribution in [3.63, 3.8) is 0 Å².